The smallest absolute Gasteiger partial charge is 0.407 e. The van der Waals surface area contributed by atoms with Gasteiger partial charge in [0.05, 0.1) is 5.54 Å². The average Bonchev–Trinajstić information content (AvgIpc) is 3.57. The van der Waals surface area contributed by atoms with Crippen LogP contribution in [0.5, 0.6) is 0 Å². The van der Waals surface area contributed by atoms with Gasteiger partial charge in [-0.2, -0.15) is 0 Å². The maximum absolute atomic E-state index is 12.7. The second-order valence-electron chi connectivity index (χ2n) is 9.48. The number of carboxylic acids is 1. The predicted molar refractivity (Wildman–Crippen MR) is 122 cm³/mol. The number of rotatable bonds is 8. The van der Waals surface area contributed by atoms with Gasteiger partial charge in [-0.25, -0.2) is 9.59 Å². The Bertz CT molecular complexity index is 1040. The van der Waals surface area contributed by atoms with Gasteiger partial charge in [0, 0.05) is 12.3 Å². The van der Waals surface area contributed by atoms with Gasteiger partial charge in [-0.05, 0) is 60.3 Å². The molecule has 33 heavy (non-hydrogen) atoms. The van der Waals surface area contributed by atoms with Crippen molar-refractivity contribution in [3.05, 3.63) is 59.7 Å². The van der Waals surface area contributed by atoms with Crippen LogP contribution in [0, 0.1) is 5.92 Å². The number of amides is 2. The highest BCUT2D eigenvalue weighted by molar-refractivity contribution is 5.85. The summed E-state index contributed by atoms with van der Waals surface area (Å²) in [5.41, 5.74) is 3.95. The molecular weight excluding hydrogens is 420 g/mol. The van der Waals surface area contributed by atoms with Crippen molar-refractivity contribution in [2.75, 3.05) is 6.61 Å². The van der Waals surface area contributed by atoms with Crippen molar-refractivity contribution >= 4 is 18.0 Å². The molecule has 2 saturated carbocycles. The Morgan fingerprint density at radius 3 is 2.12 bits per heavy atom. The third-order valence-corrected chi connectivity index (χ3v) is 7.20. The largest absolute Gasteiger partial charge is 0.480 e. The first-order valence-electron chi connectivity index (χ1n) is 11.6. The summed E-state index contributed by atoms with van der Waals surface area (Å²) in [6.45, 7) is 0.213. The molecule has 7 nitrogen and oxygen atoms in total. The van der Waals surface area contributed by atoms with Crippen molar-refractivity contribution in [2.45, 2.75) is 56.0 Å². The van der Waals surface area contributed by atoms with Crippen molar-refractivity contribution in [1.29, 1.82) is 0 Å². The summed E-state index contributed by atoms with van der Waals surface area (Å²) in [4.78, 5) is 36.7. The van der Waals surface area contributed by atoms with Crippen molar-refractivity contribution in [3.8, 4) is 11.1 Å². The average molecular weight is 449 g/mol. The van der Waals surface area contributed by atoms with E-state index in [4.69, 9.17) is 4.74 Å². The number of fused-ring (bicyclic) bond motifs is 3. The number of aliphatic carboxylic acids is 1. The maximum Gasteiger partial charge on any atom is 0.407 e. The summed E-state index contributed by atoms with van der Waals surface area (Å²) in [7, 11) is 0. The summed E-state index contributed by atoms with van der Waals surface area (Å²) in [6, 6.07) is 15.5. The van der Waals surface area contributed by atoms with E-state index < -0.39 is 23.6 Å². The summed E-state index contributed by atoms with van der Waals surface area (Å²) in [5, 5.41) is 14.9. The lowest BCUT2D eigenvalue weighted by Crippen LogP contribution is -2.57. The molecule has 2 aromatic rings. The zero-order chi connectivity index (χ0) is 23.0. The van der Waals surface area contributed by atoms with Crippen LogP contribution in [0.3, 0.4) is 0 Å². The van der Waals surface area contributed by atoms with Crippen molar-refractivity contribution in [1.82, 2.24) is 10.6 Å². The number of alkyl carbamates (subject to hydrolysis) is 1. The van der Waals surface area contributed by atoms with Gasteiger partial charge in [-0.1, -0.05) is 48.5 Å². The summed E-state index contributed by atoms with van der Waals surface area (Å²) in [5.74, 6) is -1.36. The molecule has 172 valence electrons. The third-order valence-electron chi connectivity index (χ3n) is 7.20. The molecule has 0 saturated heterocycles. The van der Waals surface area contributed by atoms with E-state index in [2.05, 4.69) is 34.9 Å². The van der Waals surface area contributed by atoms with E-state index in [0.29, 0.717) is 12.8 Å². The molecule has 0 heterocycles. The zero-order valence-corrected chi connectivity index (χ0v) is 18.4. The highest BCUT2D eigenvalue weighted by Gasteiger charge is 2.43. The van der Waals surface area contributed by atoms with E-state index in [1.165, 1.54) is 0 Å². The van der Waals surface area contributed by atoms with Gasteiger partial charge in [-0.15, -0.1) is 0 Å². The first kappa shape index (κ1) is 21.5. The number of hydrogen-bond donors (Lipinski definition) is 3. The van der Waals surface area contributed by atoms with Crippen LogP contribution >= 0.6 is 0 Å². The highest BCUT2D eigenvalue weighted by Crippen LogP contribution is 2.44. The minimum absolute atomic E-state index is 0.0129. The Labute approximate surface area is 192 Å². The first-order chi connectivity index (χ1) is 16.0. The lowest BCUT2D eigenvalue weighted by atomic mass is 9.74. The molecule has 1 unspecified atom stereocenters. The normalized spacial score (nSPS) is 18.9. The molecule has 0 spiro atoms. The van der Waals surface area contributed by atoms with Crippen LogP contribution in [0.2, 0.25) is 0 Å². The second-order valence-corrected chi connectivity index (χ2v) is 9.48. The van der Waals surface area contributed by atoms with Crippen LogP contribution in [0.1, 0.15) is 55.6 Å². The van der Waals surface area contributed by atoms with Gasteiger partial charge >= 0.3 is 12.1 Å². The Kier molecular flexibility index (Phi) is 5.56. The molecule has 0 aliphatic heterocycles. The summed E-state index contributed by atoms with van der Waals surface area (Å²) in [6.07, 6.45) is 3.41. The van der Waals surface area contributed by atoms with Crippen molar-refractivity contribution < 1.29 is 24.2 Å². The number of carbonyl (C=O) groups excluding carboxylic acids is 2. The molecular formula is C26H28N2O5. The molecule has 5 rings (SSSR count). The molecule has 3 aliphatic rings. The van der Waals surface area contributed by atoms with Crippen LogP contribution in [-0.2, 0) is 14.3 Å². The van der Waals surface area contributed by atoms with Gasteiger partial charge in [0.2, 0.25) is 5.91 Å². The van der Waals surface area contributed by atoms with Gasteiger partial charge < -0.3 is 20.5 Å². The van der Waals surface area contributed by atoms with E-state index >= 15 is 0 Å². The number of carboxylic acid groups (broad SMARTS) is 1. The molecule has 0 bridgehead atoms. The van der Waals surface area contributed by atoms with Gasteiger partial charge in [0.1, 0.15) is 12.6 Å². The number of hydrogen-bond acceptors (Lipinski definition) is 4. The van der Waals surface area contributed by atoms with E-state index in [9.17, 15) is 19.5 Å². The Balaban J connectivity index is 1.20. The summed E-state index contributed by atoms with van der Waals surface area (Å²) < 4.78 is 5.64. The molecule has 0 aromatic heterocycles. The van der Waals surface area contributed by atoms with Crippen LogP contribution in [0.25, 0.3) is 11.1 Å². The van der Waals surface area contributed by atoms with Crippen molar-refractivity contribution in [2.24, 2.45) is 5.92 Å². The standard InChI is InChI=1S/C26H28N2O5/c29-22(27-23(24(30)31)16-10-11-16)14-26(12-5-13-26)28-25(32)33-15-21-19-8-3-1-6-17(19)18-7-2-4-9-20(18)21/h1-4,6-9,16,21,23H,5,10-15H2,(H,27,29)(H,28,32)(H,30,31). The monoisotopic (exact) mass is 448 g/mol. The Morgan fingerprint density at radius 2 is 1.61 bits per heavy atom. The molecule has 1 atom stereocenters. The number of carbonyl (C=O) groups is 3. The van der Waals surface area contributed by atoms with Crippen molar-refractivity contribution in [3.63, 3.8) is 0 Å². The molecule has 3 aliphatic carbocycles. The van der Waals surface area contributed by atoms with Crippen LogP contribution in [0.15, 0.2) is 48.5 Å². The van der Waals surface area contributed by atoms with Crippen LogP contribution in [0.4, 0.5) is 4.79 Å². The fraction of sp³-hybridized carbons (Fsp3) is 0.423. The SMILES string of the molecule is O=C(CC1(NC(=O)OCC2c3ccccc3-c3ccccc32)CCC1)NC(C(=O)O)C1CC1. The summed E-state index contributed by atoms with van der Waals surface area (Å²) >= 11 is 0. The third kappa shape index (κ3) is 4.32. The lowest BCUT2D eigenvalue weighted by Gasteiger charge is -2.41. The van der Waals surface area contributed by atoms with E-state index in [0.717, 1.165) is 41.5 Å². The van der Waals surface area contributed by atoms with Gasteiger partial charge in [0.25, 0.3) is 0 Å². The Hall–Kier alpha value is -3.35. The molecule has 2 amide bonds. The maximum atomic E-state index is 12.7. The van der Waals surface area contributed by atoms with Crippen LogP contribution in [-0.4, -0.2) is 41.3 Å². The van der Waals surface area contributed by atoms with Gasteiger partial charge in [-0.3, -0.25) is 4.79 Å². The van der Waals surface area contributed by atoms with Gasteiger partial charge in [0.15, 0.2) is 0 Å². The quantitative estimate of drug-likeness (QED) is 0.570. The lowest BCUT2D eigenvalue weighted by molar-refractivity contribution is -0.142. The predicted octanol–water partition coefficient (Wildman–Crippen LogP) is 3.82. The molecule has 0 radical (unpaired) electrons. The molecule has 3 N–H and O–H groups in total. The van der Waals surface area contributed by atoms with Crippen LogP contribution < -0.4 is 10.6 Å². The number of ether oxygens (including phenoxy) is 1. The minimum Gasteiger partial charge on any atom is -0.480 e. The topological polar surface area (TPSA) is 105 Å². The molecule has 2 fully saturated rings. The Morgan fingerprint density at radius 1 is 1.00 bits per heavy atom. The second kappa shape index (κ2) is 8.54. The number of nitrogens with one attached hydrogen (secondary N) is 2. The highest BCUT2D eigenvalue weighted by atomic mass is 16.5. The fourth-order valence-electron chi connectivity index (χ4n) is 5.14. The van der Waals surface area contributed by atoms with E-state index in [1.54, 1.807) is 0 Å². The number of benzene rings is 2. The minimum atomic E-state index is -1.00. The van der Waals surface area contributed by atoms with E-state index in [-0.39, 0.29) is 30.8 Å². The molecule has 7 heteroatoms. The fourth-order valence-corrected chi connectivity index (χ4v) is 5.14. The zero-order valence-electron chi connectivity index (χ0n) is 18.4. The first-order valence-corrected chi connectivity index (χ1v) is 11.6. The van der Waals surface area contributed by atoms with E-state index in [1.807, 2.05) is 24.3 Å². The molecule has 2 aromatic carbocycles.